The van der Waals surface area contributed by atoms with E-state index in [2.05, 4.69) is 10.6 Å². The average molecular weight is 367 g/mol. The summed E-state index contributed by atoms with van der Waals surface area (Å²) in [6.45, 7) is 5.98. The Morgan fingerprint density at radius 1 is 1.36 bits per heavy atom. The third-order valence-electron chi connectivity index (χ3n) is 4.14. The molecule has 2 atom stereocenters. The SMILES string of the molecule is CCCNC(=O)[C@H](C)NC(=O)c1ccc2c(c1)C[C@H](C)N2S(C)(=O)=O. The van der Waals surface area contributed by atoms with Crippen molar-refractivity contribution in [2.45, 2.75) is 45.7 Å². The van der Waals surface area contributed by atoms with Crippen molar-refractivity contribution in [3.05, 3.63) is 29.3 Å². The summed E-state index contributed by atoms with van der Waals surface area (Å²) in [5.74, 6) is -0.583. The minimum absolute atomic E-state index is 0.179. The predicted molar refractivity (Wildman–Crippen MR) is 97.2 cm³/mol. The van der Waals surface area contributed by atoms with E-state index in [0.717, 1.165) is 12.0 Å². The maximum absolute atomic E-state index is 12.4. The molecule has 0 unspecified atom stereocenters. The summed E-state index contributed by atoms with van der Waals surface area (Å²) in [4.78, 5) is 24.2. The third kappa shape index (κ3) is 4.31. The van der Waals surface area contributed by atoms with Gasteiger partial charge in [0.25, 0.3) is 5.91 Å². The summed E-state index contributed by atoms with van der Waals surface area (Å²) in [5.41, 5.74) is 1.84. The lowest BCUT2D eigenvalue weighted by molar-refractivity contribution is -0.122. The Labute approximate surface area is 148 Å². The van der Waals surface area contributed by atoms with Crippen molar-refractivity contribution < 1.29 is 18.0 Å². The number of sulfonamides is 1. The van der Waals surface area contributed by atoms with Crippen LogP contribution in [0.2, 0.25) is 0 Å². The summed E-state index contributed by atoms with van der Waals surface area (Å²) in [7, 11) is -3.36. The summed E-state index contributed by atoms with van der Waals surface area (Å²) >= 11 is 0. The Bertz CT molecular complexity index is 776. The fourth-order valence-corrected chi connectivity index (χ4v) is 4.26. The number of nitrogens with one attached hydrogen (secondary N) is 2. The minimum atomic E-state index is -3.36. The predicted octanol–water partition coefficient (Wildman–Crippen LogP) is 1.04. The second-order valence-electron chi connectivity index (χ2n) is 6.44. The van der Waals surface area contributed by atoms with Crippen LogP contribution in [-0.2, 0) is 21.2 Å². The van der Waals surface area contributed by atoms with Gasteiger partial charge in [-0.25, -0.2) is 8.42 Å². The number of nitrogens with zero attached hydrogens (tertiary/aromatic N) is 1. The molecule has 1 aliphatic rings. The van der Waals surface area contributed by atoms with Crippen LogP contribution >= 0.6 is 0 Å². The van der Waals surface area contributed by atoms with E-state index in [1.807, 2.05) is 13.8 Å². The molecule has 0 spiro atoms. The Hall–Kier alpha value is -2.09. The molecule has 8 heteroatoms. The first-order chi connectivity index (χ1) is 11.6. The summed E-state index contributed by atoms with van der Waals surface area (Å²) in [6.07, 6.45) is 2.55. The molecule has 1 heterocycles. The lowest BCUT2D eigenvalue weighted by Gasteiger charge is -2.22. The molecule has 0 bridgehead atoms. The highest BCUT2D eigenvalue weighted by molar-refractivity contribution is 7.92. The van der Waals surface area contributed by atoms with Gasteiger partial charge in [-0.2, -0.15) is 0 Å². The molecule has 7 nitrogen and oxygen atoms in total. The first kappa shape index (κ1) is 19.2. The second-order valence-corrected chi connectivity index (χ2v) is 8.30. The van der Waals surface area contributed by atoms with Gasteiger partial charge in [0.05, 0.1) is 11.9 Å². The van der Waals surface area contributed by atoms with E-state index in [4.69, 9.17) is 0 Å². The smallest absolute Gasteiger partial charge is 0.251 e. The number of hydrogen-bond donors (Lipinski definition) is 2. The summed E-state index contributed by atoms with van der Waals surface area (Å²) < 4.78 is 25.2. The fourth-order valence-electron chi connectivity index (χ4n) is 3.00. The molecule has 1 aromatic rings. The van der Waals surface area contributed by atoms with Crippen LogP contribution in [0, 0.1) is 0 Å². The minimum Gasteiger partial charge on any atom is -0.354 e. The molecular formula is C17H25N3O4S. The lowest BCUT2D eigenvalue weighted by Crippen LogP contribution is -2.45. The Morgan fingerprint density at radius 3 is 2.64 bits per heavy atom. The first-order valence-electron chi connectivity index (χ1n) is 8.36. The normalized spacial score (nSPS) is 17.8. The van der Waals surface area contributed by atoms with Gasteiger partial charge in [0.2, 0.25) is 15.9 Å². The first-order valence-corrected chi connectivity index (χ1v) is 10.2. The Kier molecular flexibility index (Phi) is 5.72. The van der Waals surface area contributed by atoms with Gasteiger partial charge in [0.1, 0.15) is 6.04 Å². The van der Waals surface area contributed by atoms with Crippen molar-refractivity contribution in [2.24, 2.45) is 0 Å². The largest absolute Gasteiger partial charge is 0.354 e. The van der Waals surface area contributed by atoms with Gasteiger partial charge in [-0.15, -0.1) is 0 Å². The number of fused-ring (bicyclic) bond motifs is 1. The quantitative estimate of drug-likeness (QED) is 0.785. The molecule has 2 amide bonds. The number of benzene rings is 1. The van der Waals surface area contributed by atoms with E-state index in [-0.39, 0.29) is 17.9 Å². The van der Waals surface area contributed by atoms with E-state index >= 15 is 0 Å². The van der Waals surface area contributed by atoms with Crippen LogP contribution in [-0.4, -0.2) is 45.1 Å². The maximum Gasteiger partial charge on any atom is 0.251 e. The maximum atomic E-state index is 12.4. The number of hydrogen-bond acceptors (Lipinski definition) is 4. The standard InChI is InChI=1S/C17H25N3O4S/c1-5-8-18-16(21)12(3)19-17(22)13-6-7-15-14(10-13)9-11(2)20(15)25(4,23)24/h6-7,10-12H,5,8-9H2,1-4H3,(H,18,21)(H,19,22)/t11-,12-/m0/s1. The topological polar surface area (TPSA) is 95.6 Å². The van der Waals surface area contributed by atoms with Crippen LogP contribution in [0.4, 0.5) is 5.69 Å². The number of rotatable bonds is 6. The van der Waals surface area contributed by atoms with Gasteiger partial charge >= 0.3 is 0 Å². The van der Waals surface area contributed by atoms with Gasteiger partial charge in [-0.05, 0) is 50.5 Å². The average Bonchev–Trinajstić information content (AvgIpc) is 2.86. The number of carbonyl (C=O) groups excluding carboxylic acids is 2. The van der Waals surface area contributed by atoms with E-state index in [0.29, 0.717) is 24.2 Å². The van der Waals surface area contributed by atoms with Crippen LogP contribution in [0.15, 0.2) is 18.2 Å². The van der Waals surface area contributed by atoms with Crippen molar-refractivity contribution in [3.8, 4) is 0 Å². The second kappa shape index (κ2) is 7.43. The molecule has 0 radical (unpaired) electrons. The van der Waals surface area contributed by atoms with Crippen LogP contribution in [0.5, 0.6) is 0 Å². The zero-order chi connectivity index (χ0) is 18.8. The molecular weight excluding hydrogens is 342 g/mol. The number of anilines is 1. The molecule has 25 heavy (non-hydrogen) atoms. The number of amides is 2. The van der Waals surface area contributed by atoms with Crippen molar-refractivity contribution in [1.82, 2.24) is 10.6 Å². The van der Waals surface area contributed by atoms with Crippen molar-refractivity contribution in [1.29, 1.82) is 0 Å². The van der Waals surface area contributed by atoms with Crippen LogP contribution in [0.1, 0.15) is 43.1 Å². The number of carbonyl (C=O) groups is 2. The highest BCUT2D eigenvalue weighted by atomic mass is 32.2. The van der Waals surface area contributed by atoms with Crippen LogP contribution in [0.25, 0.3) is 0 Å². The van der Waals surface area contributed by atoms with Crippen molar-refractivity contribution >= 4 is 27.5 Å². The lowest BCUT2D eigenvalue weighted by atomic mass is 10.1. The van der Waals surface area contributed by atoms with E-state index in [9.17, 15) is 18.0 Å². The highest BCUT2D eigenvalue weighted by Crippen LogP contribution is 2.34. The fraction of sp³-hybridized carbons (Fsp3) is 0.529. The van der Waals surface area contributed by atoms with Gasteiger partial charge in [0, 0.05) is 18.2 Å². The molecule has 0 aromatic heterocycles. The molecule has 138 valence electrons. The molecule has 2 rings (SSSR count). The van der Waals surface area contributed by atoms with Gasteiger partial charge in [-0.1, -0.05) is 6.92 Å². The molecule has 1 aliphatic heterocycles. The van der Waals surface area contributed by atoms with Crippen LogP contribution in [0.3, 0.4) is 0 Å². The van der Waals surface area contributed by atoms with Crippen molar-refractivity contribution in [3.63, 3.8) is 0 Å². The van der Waals surface area contributed by atoms with E-state index in [1.54, 1.807) is 25.1 Å². The van der Waals surface area contributed by atoms with Crippen molar-refractivity contribution in [2.75, 3.05) is 17.1 Å². The molecule has 0 saturated carbocycles. The molecule has 2 N–H and O–H groups in total. The van der Waals surface area contributed by atoms with Gasteiger partial charge in [0.15, 0.2) is 0 Å². The zero-order valence-electron chi connectivity index (χ0n) is 15.0. The summed E-state index contributed by atoms with van der Waals surface area (Å²) in [6, 6.07) is 4.11. The molecule has 0 aliphatic carbocycles. The zero-order valence-corrected chi connectivity index (χ0v) is 15.8. The summed E-state index contributed by atoms with van der Waals surface area (Å²) in [5, 5.41) is 5.40. The Balaban J connectivity index is 2.14. The van der Waals surface area contributed by atoms with Gasteiger partial charge < -0.3 is 10.6 Å². The van der Waals surface area contributed by atoms with E-state index < -0.39 is 16.1 Å². The molecule has 0 fully saturated rings. The van der Waals surface area contributed by atoms with E-state index in [1.165, 1.54) is 10.6 Å². The third-order valence-corrected chi connectivity index (χ3v) is 5.41. The van der Waals surface area contributed by atoms with Gasteiger partial charge in [-0.3, -0.25) is 13.9 Å². The molecule has 0 saturated heterocycles. The monoisotopic (exact) mass is 367 g/mol. The highest BCUT2D eigenvalue weighted by Gasteiger charge is 2.32. The molecule has 1 aromatic carbocycles. The van der Waals surface area contributed by atoms with Crippen LogP contribution < -0.4 is 14.9 Å². The Morgan fingerprint density at radius 2 is 2.04 bits per heavy atom.